The summed E-state index contributed by atoms with van der Waals surface area (Å²) in [6.45, 7) is 7.28. The molecular weight excluding hydrogens is 158 g/mol. The molecule has 0 heterocycles. The lowest BCUT2D eigenvalue weighted by atomic mass is 9.68. The summed E-state index contributed by atoms with van der Waals surface area (Å²) in [6.07, 6.45) is 7.09. The monoisotopic (exact) mass is 181 g/mol. The van der Waals surface area contributed by atoms with E-state index in [2.05, 4.69) is 26.1 Å². The van der Waals surface area contributed by atoms with Crippen LogP contribution in [-0.4, -0.2) is 12.1 Å². The van der Waals surface area contributed by atoms with Crippen molar-refractivity contribution in [3.63, 3.8) is 0 Å². The van der Waals surface area contributed by atoms with Crippen molar-refractivity contribution in [1.29, 1.82) is 0 Å². The van der Waals surface area contributed by atoms with Crippen LogP contribution in [0.3, 0.4) is 0 Å². The van der Waals surface area contributed by atoms with Crippen molar-refractivity contribution in [2.45, 2.75) is 65.0 Å². The molecule has 0 amide bonds. The van der Waals surface area contributed by atoms with E-state index in [0.717, 1.165) is 18.0 Å². The first-order valence-corrected chi connectivity index (χ1v) is 5.86. The van der Waals surface area contributed by atoms with Crippen molar-refractivity contribution in [2.24, 2.45) is 11.3 Å². The predicted molar refractivity (Wildman–Crippen MR) is 56.7 cm³/mol. The highest BCUT2D eigenvalue weighted by molar-refractivity contribution is 4.96. The largest absolute Gasteiger partial charge is 0.310 e. The second-order valence-corrected chi connectivity index (χ2v) is 5.78. The van der Waals surface area contributed by atoms with E-state index in [1.807, 2.05) is 0 Å². The summed E-state index contributed by atoms with van der Waals surface area (Å²) in [5.41, 5.74) is 0.528. The molecule has 1 N–H and O–H groups in total. The Morgan fingerprint density at radius 1 is 1.15 bits per heavy atom. The van der Waals surface area contributed by atoms with Crippen molar-refractivity contribution in [3.8, 4) is 0 Å². The SMILES string of the molecule is CC1CCCC(C)(C)C1NC1CC1. The molecule has 0 aromatic rings. The molecule has 2 fully saturated rings. The summed E-state index contributed by atoms with van der Waals surface area (Å²) in [7, 11) is 0. The molecule has 2 unspecified atom stereocenters. The van der Waals surface area contributed by atoms with E-state index in [9.17, 15) is 0 Å². The number of nitrogens with one attached hydrogen (secondary N) is 1. The fourth-order valence-electron chi connectivity index (χ4n) is 2.87. The zero-order valence-corrected chi connectivity index (χ0v) is 9.27. The van der Waals surface area contributed by atoms with E-state index >= 15 is 0 Å². The van der Waals surface area contributed by atoms with Gasteiger partial charge in [-0.3, -0.25) is 0 Å². The van der Waals surface area contributed by atoms with Gasteiger partial charge in [0.05, 0.1) is 0 Å². The van der Waals surface area contributed by atoms with Crippen LogP contribution in [0.4, 0.5) is 0 Å². The molecule has 2 aliphatic carbocycles. The van der Waals surface area contributed by atoms with E-state index in [1.165, 1.54) is 32.1 Å². The van der Waals surface area contributed by atoms with Crippen molar-refractivity contribution in [2.75, 3.05) is 0 Å². The zero-order valence-electron chi connectivity index (χ0n) is 9.27. The smallest absolute Gasteiger partial charge is 0.0146 e. The number of rotatable bonds is 2. The number of hydrogen-bond acceptors (Lipinski definition) is 1. The van der Waals surface area contributed by atoms with Gasteiger partial charge in [0, 0.05) is 12.1 Å². The zero-order chi connectivity index (χ0) is 9.47. The van der Waals surface area contributed by atoms with Crippen LogP contribution in [0.5, 0.6) is 0 Å². The Labute approximate surface area is 82.3 Å². The minimum atomic E-state index is 0.528. The van der Waals surface area contributed by atoms with Gasteiger partial charge < -0.3 is 5.32 Å². The summed E-state index contributed by atoms with van der Waals surface area (Å²) in [5, 5.41) is 3.83. The van der Waals surface area contributed by atoms with E-state index in [-0.39, 0.29) is 0 Å². The summed E-state index contributed by atoms with van der Waals surface area (Å²) in [4.78, 5) is 0. The molecule has 0 aliphatic heterocycles. The Morgan fingerprint density at radius 2 is 1.85 bits per heavy atom. The Morgan fingerprint density at radius 3 is 2.38 bits per heavy atom. The van der Waals surface area contributed by atoms with Crippen LogP contribution < -0.4 is 5.32 Å². The first kappa shape index (κ1) is 9.51. The minimum absolute atomic E-state index is 0.528. The van der Waals surface area contributed by atoms with Gasteiger partial charge in [0.25, 0.3) is 0 Å². The quantitative estimate of drug-likeness (QED) is 0.690. The third kappa shape index (κ3) is 2.07. The molecule has 2 aliphatic rings. The molecule has 2 atom stereocenters. The number of hydrogen-bond donors (Lipinski definition) is 1. The summed E-state index contributed by atoms with van der Waals surface area (Å²) >= 11 is 0. The van der Waals surface area contributed by atoms with Gasteiger partial charge in [-0.1, -0.05) is 27.2 Å². The van der Waals surface area contributed by atoms with E-state index in [0.29, 0.717) is 5.41 Å². The van der Waals surface area contributed by atoms with Crippen LogP contribution in [-0.2, 0) is 0 Å². The molecule has 0 aromatic carbocycles. The lowest BCUT2D eigenvalue weighted by Gasteiger charge is -2.43. The van der Waals surface area contributed by atoms with Gasteiger partial charge in [0.15, 0.2) is 0 Å². The van der Waals surface area contributed by atoms with Crippen LogP contribution >= 0.6 is 0 Å². The molecule has 0 bridgehead atoms. The standard InChI is InChI=1S/C12H23N/c1-9-5-4-8-12(2,3)11(9)13-10-6-7-10/h9-11,13H,4-8H2,1-3H3. The second kappa shape index (κ2) is 3.27. The third-order valence-corrected chi connectivity index (χ3v) is 3.88. The molecule has 1 nitrogen and oxygen atoms in total. The highest BCUT2D eigenvalue weighted by atomic mass is 15.0. The maximum atomic E-state index is 3.83. The Hall–Kier alpha value is -0.0400. The summed E-state index contributed by atoms with van der Waals surface area (Å²) in [5.74, 6) is 0.879. The molecule has 1 heteroatoms. The highest BCUT2D eigenvalue weighted by Crippen LogP contribution is 2.40. The molecule has 76 valence electrons. The molecule has 2 rings (SSSR count). The average molecular weight is 181 g/mol. The van der Waals surface area contributed by atoms with E-state index < -0.39 is 0 Å². The Bertz CT molecular complexity index is 182. The van der Waals surface area contributed by atoms with Gasteiger partial charge in [-0.15, -0.1) is 0 Å². The van der Waals surface area contributed by atoms with Gasteiger partial charge >= 0.3 is 0 Å². The third-order valence-electron chi connectivity index (χ3n) is 3.88. The topological polar surface area (TPSA) is 12.0 Å². The predicted octanol–water partition coefficient (Wildman–Crippen LogP) is 2.95. The molecule has 0 saturated heterocycles. The molecule has 0 spiro atoms. The summed E-state index contributed by atoms with van der Waals surface area (Å²) < 4.78 is 0. The first-order chi connectivity index (χ1) is 6.09. The fourth-order valence-corrected chi connectivity index (χ4v) is 2.87. The maximum absolute atomic E-state index is 3.83. The maximum Gasteiger partial charge on any atom is 0.0146 e. The van der Waals surface area contributed by atoms with Crippen LogP contribution in [0.15, 0.2) is 0 Å². The van der Waals surface area contributed by atoms with Crippen LogP contribution in [0.25, 0.3) is 0 Å². The van der Waals surface area contributed by atoms with Crippen LogP contribution in [0, 0.1) is 11.3 Å². The van der Waals surface area contributed by atoms with Crippen molar-refractivity contribution >= 4 is 0 Å². The lowest BCUT2D eigenvalue weighted by Crippen LogP contribution is -2.49. The van der Waals surface area contributed by atoms with Gasteiger partial charge in [0.1, 0.15) is 0 Å². The van der Waals surface area contributed by atoms with Gasteiger partial charge in [0.2, 0.25) is 0 Å². The van der Waals surface area contributed by atoms with Crippen LogP contribution in [0.1, 0.15) is 52.9 Å². The molecule has 2 saturated carbocycles. The van der Waals surface area contributed by atoms with Crippen molar-refractivity contribution in [1.82, 2.24) is 5.32 Å². The first-order valence-electron chi connectivity index (χ1n) is 5.86. The molecular formula is C12H23N. The van der Waals surface area contributed by atoms with Crippen LogP contribution in [0.2, 0.25) is 0 Å². The van der Waals surface area contributed by atoms with Crippen molar-refractivity contribution < 1.29 is 0 Å². The normalized spacial score (nSPS) is 39.0. The van der Waals surface area contributed by atoms with Gasteiger partial charge in [-0.25, -0.2) is 0 Å². The summed E-state index contributed by atoms with van der Waals surface area (Å²) in [6, 6.07) is 1.64. The van der Waals surface area contributed by atoms with E-state index in [1.54, 1.807) is 0 Å². The van der Waals surface area contributed by atoms with Gasteiger partial charge in [-0.05, 0) is 37.0 Å². The molecule has 0 radical (unpaired) electrons. The highest BCUT2D eigenvalue weighted by Gasteiger charge is 2.39. The van der Waals surface area contributed by atoms with Gasteiger partial charge in [-0.2, -0.15) is 0 Å². The minimum Gasteiger partial charge on any atom is -0.310 e. The van der Waals surface area contributed by atoms with Crippen molar-refractivity contribution in [3.05, 3.63) is 0 Å². The molecule has 0 aromatic heterocycles. The molecule has 13 heavy (non-hydrogen) atoms. The fraction of sp³-hybridized carbons (Fsp3) is 1.00. The second-order valence-electron chi connectivity index (χ2n) is 5.78. The average Bonchev–Trinajstić information content (AvgIpc) is 2.80. The Balaban J connectivity index is 1.99. The lowest BCUT2D eigenvalue weighted by molar-refractivity contribution is 0.116. The van der Waals surface area contributed by atoms with E-state index in [4.69, 9.17) is 0 Å². The Kier molecular flexibility index (Phi) is 2.39.